The van der Waals surface area contributed by atoms with Crippen molar-refractivity contribution >= 4 is 51.0 Å². The standard InChI is InChI=1S/C68H52N2/c1-67(2)61-21-13-11-19-55(61)57-37-27-49(43-63(57)67)47-29-39-65-59(41-47)60-42-48(50-28-38-58-56-20-12-14-22-62(56)68(3,4)64(58)44-50)30-40-66(60)70(65)54-35-33-53(34-36-54)69(51-17-9-6-10-18-51)52-31-25-46(26-32-52)24-23-45-15-7-5-8-16-45/h5-44H,1-4H3. The summed E-state index contributed by atoms with van der Waals surface area (Å²) in [6, 6.07) is 85.2. The minimum Gasteiger partial charge on any atom is -0.311 e. The average Bonchev–Trinajstić information content (AvgIpc) is 3.95. The summed E-state index contributed by atoms with van der Waals surface area (Å²) in [6.45, 7) is 9.46. The molecule has 10 aromatic carbocycles. The van der Waals surface area contributed by atoms with E-state index in [9.17, 15) is 0 Å². The maximum absolute atomic E-state index is 2.45. The zero-order valence-electron chi connectivity index (χ0n) is 40.0. The lowest BCUT2D eigenvalue weighted by Gasteiger charge is -2.26. The molecule has 0 radical (unpaired) electrons. The fourth-order valence-electron chi connectivity index (χ4n) is 11.7. The Hall–Kier alpha value is -8.46. The lowest BCUT2D eigenvalue weighted by molar-refractivity contribution is 0.660. The van der Waals surface area contributed by atoms with Gasteiger partial charge in [-0.2, -0.15) is 0 Å². The Morgan fingerprint density at radius 3 is 1.23 bits per heavy atom. The largest absolute Gasteiger partial charge is 0.311 e. The van der Waals surface area contributed by atoms with E-state index in [1.807, 2.05) is 0 Å². The van der Waals surface area contributed by atoms with Gasteiger partial charge in [0.15, 0.2) is 0 Å². The number of rotatable bonds is 8. The Bertz CT molecular complexity index is 3690. The van der Waals surface area contributed by atoms with Gasteiger partial charge in [-0.25, -0.2) is 0 Å². The van der Waals surface area contributed by atoms with Gasteiger partial charge in [0.2, 0.25) is 0 Å². The molecule has 13 rings (SSSR count). The number of benzene rings is 10. The first-order chi connectivity index (χ1) is 34.2. The van der Waals surface area contributed by atoms with Gasteiger partial charge < -0.3 is 9.47 Å². The first-order valence-corrected chi connectivity index (χ1v) is 24.6. The number of hydrogen-bond donors (Lipinski definition) is 0. The summed E-state index contributed by atoms with van der Waals surface area (Å²) in [5.74, 6) is 0. The van der Waals surface area contributed by atoms with Gasteiger partial charge >= 0.3 is 0 Å². The number of para-hydroxylation sites is 1. The van der Waals surface area contributed by atoms with E-state index in [1.165, 1.54) is 94.1 Å². The third-order valence-electron chi connectivity index (χ3n) is 15.4. The molecule has 1 aromatic heterocycles. The third kappa shape index (κ3) is 6.70. The third-order valence-corrected chi connectivity index (χ3v) is 15.4. The van der Waals surface area contributed by atoms with Crippen LogP contribution in [0, 0.1) is 0 Å². The van der Waals surface area contributed by atoms with Crippen LogP contribution in [0.2, 0.25) is 0 Å². The van der Waals surface area contributed by atoms with Crippen LogP contribution in [0.25, 0.3) is 84.2 Å². The number of anilines is 3. The van der Waals surface area contributed by atoms with Crippen molar-refractivity contribution < 1.29 is 0 Å². The normalized spacial score (nSPS) is 13.9. The van der Waals surface area contributed by atoms with Crippen molar-refractivity contribution in [1.82, 2.24) is 4.57 Å². The van der Waals surface area contributed by atoms with Crippen molar-refractivity contribution in [3.63, 3.8) is 0 Å². The molecule has 2 aliphatic rings. The zero-order chi connectivity index (χ0) is 47.1. The minimum absolute atomic E-state index is 0.0751. The van der Waals surface area contributed by atoms with Gasteiger partial charge in [-0.15, -0.1) is 0 Å². The highest BCUT2D eigenvalue weighted by Gasteiger charge is 2.36. The highest BCUT2D eigenvalue weighted by atomic mass is 15.1. The molecule has 2 heteroatoms. The molecule has 1 heterocycles. The maximum Gasteiger partial charge on any atom is 0.0541 e. The van der Waals surface area contributed by atoms with Gasteiger partial charge in [0.1, 0.15) is 0 Å². The molecule has 11 aromatic rings. The fraction of sp³-hybridized carbons (Fsp3) is 0.0882. The summed E-state index contributed by atoms with van der Waals surface area (Å²) >= 11 is 0. The minimum atomic E-state index is -0.0751. The van der Waals surface area contributed by atoms with E-state index in [0.29, 0.717) is 0 Å². The molecule has 0 unspecified atom stereocenters. The van der Waals surface area contributed by atoms with Crippen LogP contribution in [0.4, 0.5) is 17.1 Å². The van der Waals surface area contributed by atoms with E-state index in [1.54, 1.807) is 0 Å². The van der Waals surface area contributed by atoms with Crippen molar-refractivity contribution in [1.29, 1.82) is 0 Å². The quantitative estimate of drug-likeness (QED) is 0.138. The molecule has 0 bridgehead atoms. The lowest BCUT2D eigenvalue weighted by atomic mass is 9.81. The molecule has 2 nitrogen and oxygen atoms in total. The van der Waals surface area contributed by atoms with E-state index in [4.69, 9.17) is 0 Å². The highest BCUT2D eigenvalue weighted by molar-refractivity contribution is 6.12. The van der Waals surface area contributed by atoms with Crippen molar-refractivity contribution in [2.45, 2.75) is 38.5 Å². The van der Waals surface area contributed by atoms with E-state index in [-0.39, 0.29) is 10.8 Å². The molecule has 0 N–H and O–H groups in total. The van der Waals surface area contributed by atoms with Gasteiger partial charge in [-0.1, -0.05) is 185 Å². The SMILES string of the molecule is CC1(C)c2ccccc2-c2ccc(-c3ccc4c(c3)c3cc(-c5ccc6c(c5)C(C)(C)c5ccccc5-6)ccc3n4-c3ccc(N(c4ccccc4)c4ccc(C=Cc5ccccc5)cc4)cc3)cc21. The van der Waals surface area contributed by atoms with Crippen LogP contribution < -0.4 is 4.90 Å². The maximum atomic E-state index is 2.45. The van der Waals surface area contributed by atoms with Crippen LogP contribution in [0.3, 0.4) is 0 Å². The second-order valence-electron chi connectivity index (χ2n) is 20.2. The zero-order valence-corrected chi connectivity index (χ0v) is 40.0. The predicted molar refractivity (Wildman–Crippen MR) is 297 cm³/mol. The second kappa shape index (κ2) is 16.1. The van der Waals surface area contributed by atoms with Crippen molar-refractivity contribution in [2.75, 3.05) is 4.90 Å². The number of hydrogen-bond acceptors (Lipinski definition) is 1. The summed E-state index contributed by atoms with van der Waals surface area (Å²) < 4.78 is 2.45. The Labute approximate surface area is 411 Å². The van der Waals surface area contributed by atoms with Crippen molar-refractivity contribution in [3.05, 3.63) is 264 Å². The van der Waals surface area contributed by atoms with E-state index < -0.39 is 0 Å². The first-order valence-electron chi connectivity index (χ1n) is 24.6. The van der Waals surface area contributed by atoms with Crippen LogP contribution in [0.1, 0.15) is 61.1 Å². The molecule has 0 fully saturated rings. The number of nitrogens with zero attached hydrogens (tertiary/aromatic N) is 2. The summed E-state index contributed by atoms with van der Waals surface area (Å²) in [5.41, 5.74) is 24.9. The topological polar surface area (TPSA) is 8.17 Å². The van der Waals surface area contributed by atoms with Crippen LogP contribution in [-0.4, -0.2) is 4.57 Å². The van der Waals surface area contributed by atoms with Gasteiger partial charge in [-0.3, -0.25) is 0 Å². The van der Waals surface area contributed by atoms with Gasteiger partial charge in [0.25, 0.3) is 0 Å². The predicted octanol–water partition coefficient (Wildman–Crippen LogP) is 18.4. The Balaban J connectivity index is 0.924. The van der Waals surface area contributed by atoms with Crippen molar-refractivity contribution in [3.8, 4) is 50.2 Å². The fourth-order valence-corrected chi connectivity index (χ4v) is 11.7. The molecule has 2 aliphatic carbocycles. The lowest BCUT2D eigenvalue weighted by Crippen LogP contribution is -2.14. The highest BCUT2D eigenvalue weighted by Crippen LogP contribution is 2.51. The molecule has 0 saturated carbocycles. The monoisotopic (exact) mass is 896 g/mol. The van der Waals surface area contributed by atoms with Gasteiger partial charge in [0.05, 0.1) is 11.0 Å². The smallest absolute Gasteiger partial charge is 0.0541 e. The molecule has 0 saturated heterocycles. The van der Waals surface area contributed by atoms with Gasteiger partial charge in [0, 0.05) is 44.4 Å². The summed E-state index contributed by atoms with van der Waals surface area (Å²) in [4.78, 5) is 2.34. The summed E-state index contributed by atoms with van der Waals surface area (Å²) in [5, 5.41) is 2.48. The average molecular weight is 897 g/mol. The molecule has 70 heavy (non-hydrogen) atoms. The molecule has 0 spiro atoms. The summed E-state index contributed by atoms with van der Waals surface area (Å²) in [7, 11) is 0. The summed E-state index contributed by atoms with van der Waals surface area (Å²) in [6.07, 6.45) is 4.34. The molecular weight excluding hydrogens is 845 g/mol. The molecule has 0 aliphatic heterocycles. The number of aromatic nitrogens is 1. The molecule has 0 atom stereocenters. The van der Waals surface area contributed by atoms with Crippen LogP contribution >= 0.6 is 0 Å². The Morgan fingerprint density at radius 1 is 0.329 bits per heavy atom. The molecular formula is C68H52N2. The van der Waals surface area contributed by atoms with Crippen molar-refractivity contribution in [2.24, 2.45) is 0 Å². The Kier molecular flexibility index (Phi) is 9.58. The number of fused-ring (bicyclic) bond motifs is 9. The second-order valence-corrected chi connectivity index (χ2v) is 20.2. The Morgan fingerprint density at radius 2 is 0.714 bits per heavy atom. The van der Waals surface area contributed by atoms with Crippen LogP contribution in [0.5, 0.6) is 0 Å². The molecule has 334 valence electrons. The van der Waals surface area contributed by atoms with E-state index in [0.717, 1.165) is 28.3 Å². The molecule has 0 amide bonds. The van der Waals surface area contributed by atoms with E-state index >= 15 is 0 Å². The first kappa shape index (κ1) is 41.7. The van der Waals surface area contributed by atoms with Crippen LogP contribution in [-0.2, 0) is 10.8 Å². The van der Waals surface area contributed by atoms with Gasteiger partial charge in [-0.05, 0) is 163 Å². The van der Waals surface area contributed by atoms with Crippen LogP contribution in [0.15, 0.2) is 231 Å². The van der Waals surface area contributed by atoms with E-state index in [2.05, 4.69) is 280 Å².